The number of pyridine rings is 1. The monoisotopic (exact) mass is 431 g/mol. The van der Waals surface area contributed by atoms with E-state index >= 15 is 0 Å². The number of fused-ring (bicyclic) bond motifs is 1. The highest BCUT2D eigenvalue weighted by Crippen LogP contribution is 2.24. The van der Waals surface area contributed by atoms with Gasteiger partial charge >= 0.3 is 0 Å². The number of amides is 1. The highest BCUT2D eigenvalue weighted by atomic mass is 19.3. The summed E-state index contributed by atoms with van der Waals surface area (Å²) in [4.78, 5) is 28.3. The molecule has 31 heavy (non-hydrogen) atoms. The minimum Gasteiger partial charge on any atom is -0.349 e. The number of carbonyl (C=O) groups excluding carboxylic acids is 2. The van der Waals surface area contributed by atoms with Crippen LogP contribution in [0.2, 0.25) is 0 Å². The number of benzene rings is 1. The highest BCUT2D eigenvalue weighted by molar-refractivity contribution is 5.99. The molecule has 0 spiro atoms. The van der Waals surface area contributed by atoms with Crippen molar-refractivity contribution in [2.45, 2.75) is 52.4 Å². The second-order valence-electron chi connectivity index (χ2n) is 7.83. The largest absolute Gasteiger partial charge is 0.349 e. The smallest absolute Gasteiger partial charge is 0.281 e. The minimum absolute atomic E-state index is 0.0675. The Bertz CT molecular complexity index is 1120. The van der Waals surface area contributed by atoms with Gasteiger partial charge in [-0.05, 0) is 61.5 Å². The first-order chi connectivity index (χ1) is 14.6. The van der Waals surface area contributed by atoms with Crippen LogP contribution < -0.4 is 5.32 Å². The van der Waals surface area contributed by atoms with E-state index in [1.807, 2.05) is 31.3 Å². The van der Waals surface area contributed by atoms with Gasteiger partial charge in [-0.1, -0.05) is 6.07 Å². The molecule has 0 aliphatic rings. The van der Waals surface area contributed by atoms with Gasteiger partial charge in [0.15, 0.2) is 11.5 Å². The van der Waals surface area contributed by atoms with E-state index in [0.29, 0.717) is 11.1 Å². The van der Waals surface area contributed by atoms with Crippen molar-refractivity contribution in [1.29, 1.82) is 0 Å². The van der Waals surface area contributed by atoms with Crippen molar-refractivity contribution in [2.24, 2.45) is 0 Å². The molecule has 2 aromatic heterocycles. The lowest BCUT2D eigenvalue weighted by Gasteiger charge is -2.15. The van der Waals surface area contributed by atoms with Crippen molar-refractivity contribution >= 4 is 22.6 Å². The number of rotatable bonds is 8. The van der Waals surface area contributed by atoms with Gasteiger partial charge in [0.25, 0.3) is 12.3 Å². The van der Waals surface area contributed by atoms with E-state index in [-0.39, 0.29) is 18.5 Å². The van der Waals surface area contributed by atoms with E-state index in [0.717, 1.165) is 37.5 Å². The van der Waals surface area contributed by atoms with Crippen LogP contribution in [0, 0.1) is 0 Å². The average Bonchev–Trinajstić information content (AvgIpc) is 3.13. The topological polar surface area (TPSA) is 64.0 Å². The first kappa shape index (κ1) is 22.5. The molecular formula is C23H24F3N3O2. The molecule has 3 aromatic rings. The third-order valence-electron chi connectivity index (χ3n) is 5.02. The summed E-state index contributed by atoms with van der Waals surface area (Å²) in [5, 5.41) is 3.34. The normalized spacial score (nSPS) is 11.8. The van der Waals surface area contributed by atoms with Gasteiger partial charge < -0.3 is 9.88 Å². The third kappa shape index (κ3) is 5.13. The van der Waals surface area contributed by atoms with Crippen LogP contribution in [-0.4, -0.2) is 26.9 Å². The summed E-state index contributed by atoms with van der Waals surface area (Å²) in [6.07, 6.45) is 0.116. The molecule has 0 aliphatic carbocycles. The number of carbonyl (C=O) groups is 2. The van der Waals surface area contributed by atoms with Crippen LogP contribution in [0.4, 0.5) is 13.2 Å². The SMILES string of the molecule is CCn1ccc2cc(CC(=O)c3cc(CNC(=O)C(C)(C)F)cnc3C(F)F)ccc21. The molecule has 1 N–H and O–H groups in total. The zero-order valence-electron chi connectivity index (χ0n) is 17.6. The molecule has 0 radical (unpaired) electrons. The summed E-state index contributed by atoms with van der Waals surface area (Å²) in [7, 11) is 0. The van der Waals surface area contributed by atoms with Crippen molar-refractivity contribution in [1.82, 2.24) is 14.9 Å². The van der Waals surface area contributed by atoms with Gasteiger partial charge in [0.1, 0.15) is 5.69 Å². The van der Waals surface area contributed by atoms with Crippen LogP contribution in [-0.2, 0) is 24.3 Å². The maximum Gasteiger partial charge on any atom is 0.281 e. The Balaban J connectivity index is 1.83. The molecule has 0 aliphatic heterocycles. The molecular weight excluding hydrogens is 407 g/mol. The van der Waals surface area contributed by atoms with Crippen molar-refractivity contribution in [3.05, 3.63) is 65.1 Å². The summed E-state index contributed by atoms with van der Waals surface area (Å²) in [6.45, 7) is 4.94. The van der Waals surface area contributed by atoms with Gasteiger partial charge in [-0.2, -0.15) is 0 Å². The Hall–Kier alpha value is -3.16. The molecule has 0 atom stereocenters. The minimum atomic E-state index is -2.92. The van der Waals surface area contributed by atoms with Crippen LogP contribution in [0.15, 0.2) is 42.7 Å². The second kappa shape index (κ2) is 8.91. The molecule has 0 bridgehead atoms. The number of hydrogen-bond acceptors (Lipinski definition) is 3. The molecule has 0 saturated heterocycles. The molecule has 0 fully saturated rings. The number of ketones is 1. The van der Waals surface area contributed by atoms with Gasteiger partial charge in [-0.25, -0.2) is 13.2 Å². The maximum absolute atomic E-state index is 13.7. The molecule has 8 heteroatoms. The molecule has 0 saturated carbocycles. The van der Waals surface area contributed by atoms with Crippen molar-refractivity contribution in [3.8, 4) is 0 Å². The number of aryl methyl sites for hydroxylation is 1. The van der Waals surface area contributed by atoms with Crippen LogP contribution in [0.25, 0.3) is 10.9 Å². The molecule has 1 amide bonds. The molecule has 2 heterocycles. The Morgan fingerprint density at radius 2 is 1.90 bits per heavy atom. The number of nitrogens with zero attached hydrogens (tertiary/aromatic N) is 2. The lowest BCUT2D eigenvalue weighted by atomic mass is 9.99. The first-order valence-corrected chi connectivity index (χ1v) is 9.95. The van der Waals surface area contributed by atoms with E-state index in [4.69, 9.17) is 0 Å². The third-order valence-corrected chi connectivity index (χ3v) is 5.02. The molecule has 0 unspecified atom stereocenters. The fourth-order valence-electron chi connectivity index (χ4n) is 3.32. The number of Topliss-reactive ketones (excluding diaryl/α,β-unsaturated/α-hetero) is 1. The summed E-state index contributed by atoms with van der Waals surface area (Å²) in [5.41, 5.74) is -0.825. The highest BCUT2D eigenvalue weighted by Gasteiger charge is 2.26. The van der Waals surface area contributed by atoms with E-state index in [1.165, 1.54) is 6.07 Å². The van der Waals surface area contributed by atoms with E-state index in [9.17, 15) is 22.8 Å². The Morgan fingerprint density at radius 3 is 2.55 bits per heavy atom. The van der Waals surface area contributed by atoms with Crippen molar-refractivity contribution in [3.63, 3.8) is 0 Å². The van der Waals surface area contributed by atoms with E-state index < -0.39 is 29.5 Å². The van der Waals surface area contributed by atoms with Gasteiger partial charge in [0.05, 0.1) is 0 Å². The predicted molar refractivity (Wildman–Crippen MR) is 112 cm³/mol. The van der Waals surface area contributed by atoms with Gasteiger partial charge in [-0.3, -0.25) is 14.6 Å². The number of alkyl halides is 3. The summed E-state index contributed by atoms with van der Waals surface area (Å²) < 4.78 is 42.6. The predicted octanol–water partition coefficient (Wildman–Crippen LogP) is 4.78. The van der Waals surface area contributed by atoms with Crippen LogP contribution in [0.3, 0.4) is 0 Å². The van der Waals surface area contributed by atoms with Gasteiger partial charge in [0, 0.05) is 43.0 Å². The summed E-state index contributed by atoms with van der Waals surface area (Å²) >= 11 is 0. The quantitative estimate of drug-likeness (QED) is 0.522. The fraction of sp³-hybridized carbons (Fsp3) is 0.348. The average molecular weight is 431 g/mol. The van der Waals surface area contributed by atoms with Gasteiger partial charge in [0.2, 0.25) is 0 Å². The molecule has 1 aromatic carbocycles. The maximum atomic E-state index is 13.7. The Morgan fingerprint density at radius 1 is 1.16 bits per heavy atom. The number of halogens is 3. The zero-order chi connectivity index (χ0) is 22.8. The van der Waals surface area contributed by atoms with Crippen LogP contribution in [0.1, 0.15) is 54.4 Å². The zero-order valence-corrected chi connectivity index (χ0v) is 17.6. The lowest BCUT2D eigenvalue weighted by Crippen LogP contribution is -2.38. The molecule has 5 nitrogen and oxygen atoms in total. The Labute approximate surface area is 178 Å². The number of aromatic nitrogens is 2. The lowest BCUT2D eigenvalue weighted by molar-refractivity contribution is -0.130. The van der Waals surface area contributed by atoms with Crippen molar-refractivity contribution < 1.29 is 22.8 Å². The second-order valence-corrected chi connectivity index (χ2v) is 7.83. The van der Waals surface area contributed by atoms with Gasteiger partial charge in [-0.15, -0.1) is 0 Å². The fourth-order valence-corrected chi connectivity index (χ4v) is 3.32. The first-order valence-electron chi connectivity index (χ1n) is 9.95. The number of hydrogen-bond donors (Lipinski definition) is 1. The molecule has 164 valence electrons. The summed E-state index contributed by atoms with van der Waals surface area (Å²) in [5.74, 6) is -1.35. The Kier molecular flexibility index (Phi) is 6.48. The van der Waals surface area contributed by atoms with E-state index in [2.05, 4.69) is 14.9 Å². The van der Waals surface area contributed by atoms with E-state index in [1.54, 1.807) is 6.07 Å². The van der Waals surface area contributed by atoms with Crippen molar-refractivity contribution in [2.75, 3.05) is 0 Å². The molecule has 3 rings (SSSR count). The van der Waals surface area contributed by atoms with Crippen LogP contribution >= 0.6 is 0 Å². The summed E-state index contributed by atoms with van der Waals surface area (Å²) in [6, 6.07) is 8.79. The standard InChI is InChI=1S/C23H24F3N3O2/c1-4-29-8-7-16-9-14(5-6-18(16)29)11-19(30)17-10-15(12-27-20(17)21(24)25)13-28-22(31)23(2,3)26/h5-10,12,21H,4,11,13H2,1-3H3,(H,28,31). The van der Waals surface area contributed by atoms with Crippen LogP contribution in [0.5, 0.6) is 0 Å². The number of nitrogens with one attached hydrogen (secondary N) is 1.